The molecular weight excluding hydrogens is 204 g/mol. The summed E-state index contributed by atoms with van der Waals surface area (Å²) in [6, 6.07) is 2.08. The third-order valence-corrected chi connectivity index (χ3v) is 1.62. The van der Waals surface area contributed by atoms with Crippen molar-refractivity contribution in [3.8, 4) is 0 Å². The summed E-state index contributed by atoms with van der Waals surface area (Å²) in [5.74, 6) is 0. The van der Waals surface area contributed by atoms with E-state index in [1.54, 1.807) is 0 Å². The molecule has 0 fully saturated rings. The van der Waals surface area contributed by atoms with Gasteiger partial charge in [0.05, 0.1) is 12.7 Å². The zero-order chi connectivity index (χ0) is 7.40. The second-order valence-electron chi connectivity index (χ2n) is 2.41. The van der Waals surface area contributed by atoms with Crippen LogP contribution in [0.5, 0.6) is 0 Å². The highest BCUT2D eigenvalue weighted by atomic mass is 79.9. The minimum Gasteiger partial charge on any atom is -0.161 e. The van der Waals surface area contributed by atoms with E-state index in [2.05, 4.69) is 41.7 Å². The number of rotatable bonds is 3. The standard InChI is InChI=1S/C8H15N2.BrH/c1-3-6-10-8-5-7-9(10)4-2;/h5,7-8H,3-4,6H2,1-2H3;1H/q+1;. The van der Waals surface area contributed by atoms with Gasteiger partial charge < -0.3 is 0 Å². The van der Waals surface area contributed by atoms with Gasteiger partial charge in [0, 0.05) is 12.5 Å². The molecule has 1 aromatic rings. The Bertz CT molecular complexity index is 196. The van der Waals surface area contributed by atoms with E-state index in [1.165, 1.54) is 6.42 Å². The predicted octanol–water partition coefficient (Wildman–Crippen LogP) is 1.78. The molecule has 0 saturated carbocycles. The fraction of sp³-hybridized carbons (Fsp3) is 0.625. The average Bonchev–Trinajstić information content (AvgIpc) is 2.36. The van der Waals surface area contributed by atoms with Gasteiger partial charge in [0.15, 0.2) is 12.7 Å². The van der Waals surface area contributed by atoms with Gasteiger partial charge in [-0.1, -0.05) is 6.92 Å². The minimum atomic E-state index is 0. The maximum atomic E-state index is 2.24. The molecule has 0 aliphatic heterocycles. The molecule has 0 N–H and O–H groups in total. The molecule has 0 saturated heterocycles. The summed E-state index contributed by atoms with van der Waals surface area (Å²) in [5, 5.41) is 0. The van der Waals surface area contributed by atoms with Crippen LogP contribution in [0.1, 0.15) is 20.3 Å². The van der Waals surface area contributed by atoms with E-state index in [4.69, 9.17) is 0 Å². The highest BCUT2D eigenvalue weighted by Gasteiger charge is 2.01. The van der Waals surface area contributed by atoms with Gasteiger partial charge in [0.2, 0.25) is 0 Å². The van der Waals surface area contributed by atoms with Crippen LogP contribution in [0.3, 0.4) is 0 Å². The zero-order valence-corrected chi connectivity index (χ0v) is 8.87. The average molecular weight is 220 g/mol. The molecule has 0 bridgehead atoms. The first-order chi connectivity index (χ1) is 4.88. The van der Waals surface area contributed by atoms with Gasteiger partial charge in [-0.3, -0.25) is 0 Å². The molecule has 1 aromatic heterocycles. The van der Waals surface area contributed by atoms with Crippen molar-refractivity contribution in [2.75, 3.05) is 0 Å². The quantitative estimate of drug-likeness (QED) is 0.686. The smallest absolute Gasteiger partial charge is 0.161 e. The monoisotopic (exact) mass is 219 g/mol. The van der Waals surface area contributed by atoms with Crippen molar-refractivity contribution in [2.24, 2.45) is 0 Å². The summed E-state index contributed by atoms with van der Waals surface area (Å²) in [5.41, 5.74) is 0. The lowest BCUT2D eigenvalue weighted by Crippen LogP contribution is -2.41. The summed E-state index contributed by atoms with van der Waals surface area (Å²) in [6.07, 6.45) is 5.43. The van der Waals surface area contributed by atoms with Crippen LogP contribution in [0.4, 0.5) is 0 Å². The van der Waals surface area contributed by atoms with Crippen LogP contribution < -0.4 is 4.68 Å². The highest BCUT2D eigenvalue weighted by Crippen LogP contribution is 1.83. The van der Waals surface area contributed by atoms with Crippen molar-refractivity contribution in [3.05, 3.63) is 18.5 Å². The molecule has 0 aliphatic carbocycles. The van der Waals surface area contributed by atoms with Gasteiger partial charge in [-0.2, -0.15) is 4.68 Å². The molecule has 3 heteroatoms. The Balaban J connectivity index is 0.000001000. The first-order valence-corrected chi connectivity index (χ1v) is 3.93. The maximum absolute atomic E-state index is 2.24. The van der Waals surface area contributed by atoms with Gasteiger partial charge in [0.1, 0.15) is 0 Å². The lowest BCUT2D eigenvalue weighted by atomic mass is 10.5. The van der Waals surface area contributed by atoms with Gasteiger partial charge in [-0.25, -0.2) is 0 Å². The second-order valence-corrected chi connectivity index (χ2v) is 2.41. The largest absolute Gasteiger partial charge is 0.195 e. The zero-order valence-electron chi connectivity index (χ0n) is 7.16. The fourth-order valence-electron chi connectivity index (χ4n) is 1.13. The van der Waals surface area contributed by atoms with E-state index >= 15 is 0 Å². The summed E-state index contributed by atoms with van der Waals surface area (Å²) in [4.78, 5) is 0. The Kier molecular flexibility index (Phi) is 5.20. The first kappa shape index (κ1) is 10.7. The van der Waals surface area contributed by atoms with Crippen molar-refractivity contribution < 1.29 is 4.68 Å². The number of hydrogen-bond donors (Lipinski definition) is 0. The Labute approximate surface area is 78.6 Å². The molecule has 0 amide bonds. The normalized spacial score (nSPS) is 9.27. The van der Waals surface area contributed by atoms with Crippen molar-refractivity contribution in [3.63, 3.8) is 0 Å². The third-order valence-electron chi connectivity index (χ3n) is 1.62. The first-order valence-electron chi connectivity index (χ1n) is 3.93. The molecular formula is C8H16BrN2+. The van der Waals surface area contributed by atoms with E-state index in [9.17, 15) is 0 Å². The molecule has 1 heterocycles. The molecule has 0 radical (unpaired) electrons. The molecule has 2 nitrogen and oxygen atoms in total. The Morgan fingerprint density at radius 2 is 2.09 bits per heavy atom. The third kappa shape index (κ3) is 2.66. The summed E-state index contributed by atoms with van der Waals surface area (Å²) in [7, 11) is 0. The molecule has 11 heavy (non-hydrogen) atoms. The van der Waals surface area contributed by atoms with Crippen molar-refractivity contribution in [2.45, 2.75) is 33.4 Å². The summed E-state index contributed by atoms with van der Waals surface area (Å²) in [6.45, 7) is 6.54. The van der Waals surface area contributed by atoms with Gasteiger partial charge in [-0.15, -0.1) is 21.7 Å². The predicted molar refractivity (Wildman–Crippen MR) is 50.9 cm³/mol. The summed E-state index contributed by atoms with van der Waals surface area (Å²) >= 11 is 0. The van der Waals surface area contributed by atoms with Crippen LogP contribution in [-0.2, 0) is 13.1 Å². The van der Waals surface area contributed by atoms with Crippen LogP contribution in [0.25, 0.3) is 0 Å². The van der Waals surface area contributed by atoms with Crippen molar-refractivity contribution >= 4 is 17.0 Å². The number of aryl methyl sites for hydroxylation is 2. The molecule has 0 unspecified atom stereocenters. The molecule has 0 atom stereocenters. The van der Waals surface area contributed by atoms with E-state index in [-0.39, 0.29) is 17.0 Å². The number of halogens is 1. The van der Waals surface area contributed by atoms with Gasteiger partial charge in [-0.05, 0) is 6.92 Å². The molecule has 0 spiro atoms. The second kappa shape index (κ2) is 5.35. The Morgan fingerprint density at radius 1 is 1.36 bits per heavy atom. The SMILES string of the molecule is Br.CCC[n+]1cccn1CC. The molecule has 0 aliphatic rings. The van der Waals surface area contributed by atoms with E-state index in [0.29, 0.717) is 0 Å². The Morgan fingerprint density at radius 3 is 2.64 bits per heavy atom. The number of aromatic nitrogens is 2. The highest BCUT2D eigenvalue weighted by molar-refractivity contribution is 8.93. The van der Waals surface area contributed by atoms with Crippen molar-refractivity contribution in [1.82, 2.24) is 4.68 Å². The minimum absolute atomic E-state index is 0. The van der Waals surface area contributed by atoms with Crippen molar-refractivity contribution in [1.29, 1.82) is 0 Å². The van der Waals surface area contributed by atoms with Gasteiger partial charge in [0.25, 0.3) is 0 Å². The van der Waals surface area contributed by atoms with Crippen LogP contribution in [0.2, 0.25) is 0 Å². The molecule has 1 rings (SSSR count). The Hall–Kier alpha value is -0.310. The van der Waals surface area contributed by atoms with Gasteiger partial charge >= 0.3 is 0 Å². The van der Waals surface area contributed by atoms with Crippen LogP contribution in [-0.4, -0.2) is 4.68 Å². The van der Waals surface area contributed by atoms with E-state index in [1.807, 2.05) is 0 Å². The lowest BCUT2D eigenvalue weighted by Gasteiger charge is -1.95. The molecule has 64 valence electrons. The van der Waals surface area contributed by atoms with E-state index < -0.39 is 0 Å². The van der Waals surface area contributed by atoms with Crippen LogP contribution >= 0.6 is 17.0 Å². The number of nitrogens with zero attached hydrogens (tertiary/aromatic N) is 2. The van der Waals surface area contributed by atoms with Crippen LogP contribution in [0, 0.1) is 0 Å². The topological polar surface area (TPSA) is 8.81 Å². The fourth-order valence-corrected chi connectivity index (χ4v) is 1.13. The molecule has 0 aromatic carbocycles. The summed E-state index contributed by atoms with van der Waals surface area (Å²) < 4.78 is 4.45. The maximum Gasteiger partial charge on any atom is 0.195 e. The van der Waals surface area contributed by atoms with E-state index in [0.717, 1.165) is 13.1 Å². The number of hydrogen-bond acceptors (Lipinski definition) is 0. The lowest BCUT2D eigenvalue weighted by molar-refractivity contribution is -0.775. The van der Waals surface area contributed by atoms with Crippen LogP contribution in [0.15, 0.2) is 18.5 Å².